The standard InChI is InChI=1S/C41H36BCl2N3O9/c1-3-56-34-17-21(7-16-33(34)48)36-27-13-14-28-35(39(51)46(37(28)49)25-6-4-5-23(18-25)42(53)54)29(27)20-30-38(50)47(45-32-15-10-24(43)19-31(32)44)40(52)41(30,36)22-8-11-26(55-2)12-9-22/h4-13,15-19,28-30,35-36,45,48,53-54H,3,14,20H2,1-2H3. The SMILES string of the molecule is CCOc1cc(C2C3=CCC4C(=O)N(c5cccc(B(O)O)c5)C(=O)C4C3CC3C(=O)N(Nc4ccc(Cl)cc4Cl)C(=O)C32c2ccc(OC)cc2)ccc1O. The summed E-state index contributed by atoms with van der Waals surface area (Å²) in [5.74, 6) is -5.80. The lowest BCUT2D eigenvalue weighted by Crippen LogP contribution is -2.53. The molecule has 6 atom stereocenters. The van der Waals surface area contributed by atoms with Gasteiger partial charge in [-0.3, -0.25) is 29.5 Å². The molecule has 8 rings (SSSR count). The maximum absolute atomic E-state index is 15.5. The Bertz CT molecular complexity index is 2320. The van der Waals surface area contributed by atoms with Gasteiger partial charge >= 0.3 is 7.12 Å². The fourth-order valence-electron chi connectivity index (χ4n) is 9.28. The number of methoxy groups -OCH3 is 1. The molecule has 4 N–H and O–H groups in total. The van der Waals surface area contributed by atoms with Crippen LogP contribution in [-0.4, -0.2) is 64.6 Å². The maximum Gasteiger partial charge on any atom is 0.488 e. The van der Waals surface area contributed by atoms with Gasteiger partial charge in [-0.05, 0) is 96.9 Å². The number of halogens is 2. The molecule has 4 aromatic carbocycles. The number of carbonyl (C=O) groups excluding carboxylic acids is 4. The van der Waals surface area contributed by atoms with Gasteiger partial charge in [-0.25, -0.2) is 0 Å². The first-order valence-corrected chi connectivity index (χ1v) is 18.9. The summed E-state index contributed by atoms with van der Waals surface area (Å²) in [4.78, 5) is 60.3. The van der Waals surface area contributed by atoms with E-state index in [0.717, 1.165) is 9.91 Å². The molecule has 6 unspecified atom stereocenters. The van der Waals surface area contributed by atoms with Gasteiger partial charge < -0.3 is 24.6 Å². The number of amides is 4. The molecule has 2 aliphatic carbocycles. The number of phenols is 1. The second-order valence-corrected chi connectivity index (χ2v) is 15.2. The molecular formula is C41H36BCl2N3O9. The largest absolute Gasteiger partial charge is 0.504 e. The first-order chi connectivity index (χ1) is 26.9. The summed E-state index contributed by atoms with van der Waals surface area (Å²) in [6.07, 6.45) is 2.11. The highest BCUT2D eigenvalue weighted by Crippen LogP contribution is 2.64. The number of anilines is 2. The van der Waals surface area contributed by atoms with Gasteiger partial charge in [0.25, 0.3) is 11.8 Å². The fourth-order valence-corrected chi connectivity index (χ4v) is 9.73. The number of phenolic OH excluding ortho intramolecular Hbond substituents is 1. The summed E-state index contributed by atoms with van der Waals surface area (Å²) in [6.45, 7) is 2.01. The minimum Gasteiger partial charge on any atom is -0.504 e. The molecule has 12 nitrogen and oxygen atoms in total. The van der Waals surface area contributed by atoms with Crippen molar-refractivity contribution in [3.8, 4) is 17.2 Å². The number of nitrogens with one attached hydrogen (secondary N) is 1. The average molecular weight is 796 g/mol. The Morgan fingerprint density at radius 3 is 2.38 bits per heavy atom. The van der Waals surface area contributed by atoms with E-state index >= 15 is 4.79 Å². The molecule has 4 aromatic rings. The molecule has 2 aliphatic heterocycles. The minimum absolute atomic E-state index is 0.0330. The lowest BCUT2D eigenvalue weighted by Gasteiger charge is -2.50. The summed E-state index contributed by atoms with van der Waals surface area (Å²) in [7, 11) is -0.295. The highest BCUT2D eigenvalue weighted by Gasteiger charge is 2.70. The zero-order valence-corrected chi connectivity index (χ0v) is 31.7. The van der Waals surface area contributed by atoms with Gasteiger partial charge in [-0.15, -0.1) is 0 Å². The normalized spacial score (nSPS) is 25.4. The zero-order valence-electron chi connectivity index (χ0n) is 30.2. The molecule has 0 aromatic heterocycles. The van der Waals surface area contributed by atoms with E-state index < -0.39 is 65.8 Å². The van der Waals surface area contributed by atoms with Gasteiger partial charge in [-0.2, -0.15) is 5.01 Å². The molecule has 0 bridgehead atoms. The number of aromatic hydroxyl groups is 1. The van der Waals surface area contributed by atoms with Gasteiger partial charge in [0.2, 0.25) is 11.8 Å². The number of nitrogens with zero attached hydrogens (tertiary/aromatic N) is 2. The van der Waals surface area contributed by atoms with Crippen LogP contribution in [0.3, 0.4) is 0 Å². The smallest absolute Gasteiger partial charge is 0.488 e. The quantitative estimate of drug-likeness (QED) is 0.103. The molecule has 4 aliphatic rings. The van der Waals surface area contributed by atoms with Crippen molar-refractivity contribution in [1.82, 2.24) is 5.01 Å². The van der Waals surface area contributed by atoms with Crippen LogP contribution >= 0.6 is 23.2 Å². The molecule has 286 valence electrons. The van der Waals surface area contributed by atoms with E-state index in [1.165, 1.54) is 37.4 Å². The number of hydrogen-bond donors (Lipinski definition) is 4. The minimum atomic E-state index is -1.82. The summed E-state index contributed by atoms with van der Waals surface area (Å²) in [6, 6.07) is 22.4. The number of ether oxygens (including phenoxy) is 2. The number of fused-ring (bicyclic) bond motifs is 4. The van der Waals surface area contributed by atoms with E-state index in [4.69, 9.17) is 32.7 Å². The Hall–Kier alpha value is -5.34. The van der Waals surface area contributed by atoms with Gasteiger partial charge in [-0.1, -0.05) is 65.2 Å². The number of benzene rings is 4. The predicted octanol–water partition coefficient (Wildman–Crippen LogP) is 4.98. The zero-order chi connectivity index (χ0) is 39.6. The van der Waals surface area contributed by atoms with Crippen molar-refractivity contribution in [2.45, 2.75) is 31.1 Å². The van der Waals surface area contributed by atoms with Crippen LogP contribution in [0.1, 0.15) is 36.8 Å². The molecule has 2 saturated heterocycles. The lowest BCUT2D eigenvalue weighted by molar-refractivity contribution is -0.138. The van der Waals surface area contributed by atoms with Crippen LogP contribution in [0.25, 0.3) is 0 Å². The van der Waals surface area contributed by atoms with Crippen LogP contribution < -0.4 is 25.3 Å². The molecule has 1 saturated carbocycles. The van der Waals surface area contributed by atoms with Crippen molar-refractivity contribution in [3.05, 3.63) is 118 Å². The molecule has 15 heteroatoms. The van der Waals surface area contributed by atoms with Gasteiger partial charge in [0, 0.05) is 10.9 Å². The van der Waals surface area contributed by atoms with Crippen molar-refractivity contribution in [3.63, 3.8) is 0 Å². The van der Waals surface area contributed by atoms with Crippen molar-refractivity contribution in [2.75, 3.05) is 24.0 Å². The van der Waals surface area contributed by atoms with E-state index in [0.29, 0.717) is 27.5 Å². The summed E-state index contributed by atoms with van der Waals surface area (Å²) in [5, 5.41) is 32.0. The second kappa shape index (κ2) is 14.3. The van der Waals surface area contributed by atoms with Gasteiger partial charge in [0.05, 0.1) is 53.3 Å². The van der Waals surface area contributed by atoms with Crippen LogP contribution in [-0.2, 0) is 24.6 Å². The summed E-state index contributed by atoms with van der Waals surface area (Å²) in [5.41, 5.74) is 3.70. The Labute approximate surface area is 332 Å². The van der Waals surface area contributed by atoms with E-state index in [9.17, 15) is 29.5 Å². The number of carbonyl (C=O) groups is 4. The van der Waals surface area contributed by atoms with Gasteiger partial charge in [0.1, 0.15) is 5.75 Å². The first-order valence-electron chi connectivity index (χ1n) is 18.1. The molecular weight excluding hydrogens is 760 g/mol. The first kappa shape index (κ1) is 37.6. The summed E-state index contributed by atoms with van der Waals surface area (Å²) >= 11 is 12.7. The third kappa shape index (κ3) is 5.75. The Balaban J connectivity index is 1.33. The number of allylic oxidation sites excluding steroid dienone is 2. The number of imide groups is 2. The average Bonchev–Trinajstić information content (AvgIpc) is 3.57. The van der Waals surface area contributed by atoms with Crippen molar-refractivity contribution in [1.29, 1.82) is 0 Å². The highest BCUT2D eigenvalue weighted by atomic mass is 35.5. The molecule has 0 radical (unpaired) electrons. The van der Waals surface area contributed by atoms with E-state index in [-0.39, 0.29) is 52.8 Å². The number of rotatable bonds is 9. The fraction of sp³-hybridized carbons (Fsp3) is 0.268. The Morgan fingerprint density at radius 2 is 1.68 bits per heavy atom. The molecule has 3 fully saturated rings. The third-order valence-electron chi connectivity index (χ3n) is 11.6. The Kier molecular flexibility index (Phi) is 9.60. The van der Waals surface area contributed by atoms with E-state index in [2.05, 4.69) is 5.43 Å². The van der Waals surface area contributed by atoms with Crippen LogP contribution in [0, 0.1) is 23.7 Å². The van der Waals surface area contributed by atoms with Crippen molar-refractivity contribution < 1.29 is 43.8 Å². The van der Waals surface area contributed by atoms with E-state index in [1.807, 2.05) is 6.08 Å². The van der Waals surface area contributed by atoms with Crippen LogP contribution in [0.2, 0.25) is 10.0 Å². The monoisotopic (exact) mass is 795 g/mol. The second-order valence-electron chi connectivity index (χ2n) is 14.4. The number of hydrogen-bond acceptors (Lipinski definition) is 10. The highest BCUT2D eigenvalue weighted by molar-refractivity contribution is 6.58. The molecule has 4 amide bonds. The predicted molar refractivity (Wildman–Crippen MR) is 209 cm³/mol. The van der Waals surface area contributed by atoms with Crippen molar-refractivity contribution >= 4 is 70.8 Å². The maximum atomic E-state index is 15.5. The lowest BCUT2D eigenvalue weighted by atomic mass is 9.49. The van der Waals surface area contributed by atoms with E-state index in [1.54, 1.807) is 61.5 Å². The van der Waals surface area contributed by atoms with Crippen LogP contribution in [0.5, 0.6) is 17.2 Å². The van der Waals surface area contributed by atoms with Crippen molar-refractivity contribution in [2.24, 2.45) is 23.7 Å². The molecule has 2 heterocycles. The summed E-state index contributed by atoms with van der Waals surface area (Å²) < 4.78 is 11.3. The van der Waals surface area contributed by atoms with Gasteiger partial charge in [0.15, 0.2) is 11.5 Å². The topological polar surface area (TPSA) is 166 Å². The Morgan fingerprint density at radius 1 is 0.911 bits per heavy atom. The third-order valence-corrected chi connectivity index (χ3v) is 12.2. The van der Waals surface area contributed by atoms with Crippen LogP contribution in [0.4, 0.5) is 11.4 Å². The number of hydrazine groups is 1. The molecule has 0 spiro atoms. The molecule has 56 heavy (non-hydrogen) atoms. The van der Waals surface area contributed by atoms with Crippen LogP contribution in [0.15, 0.2) is 96.6 Å².